The topological polar surface area (TPSA) is 20.2 Å². The van der Waals surface area contributed by atoms with Gasteiger partial charge in [-0.3, -0.25) is 0 Å². The molecule has 0 radical (unpaired) electrons. The summed E-state index contributed by atoms with van der Waals surface area (Å²) in [6, 6.07) is 17.4. The van der Waals surface area contributed by atoms with Crippen LogP contribution < -0.4 is 8.92 Å². The van der Waals surface area contributed by atoms with Crippen molar-refractivity contribution in [2.24, 2.45) is 0 Å². The van der Waals surface area contributed by atoms with Crippen molar-refractivity contribution in [1.29, 1.82) is 0 Å². The Balaban J connectivity index is 1.98. The molecule has 1 nitrogen and oxygen atoms in total. The first kappa shape index (κ1) is 10.4. The van der Waals surface area contributed by atoms with E-state index in [1.807, 2.05) is 0 Å². The summed E-state index contributed by atoms with van der Waals surface area (Å²) in [5.41, 5.74) is 2.88. The van der Waals surface area contributed by atoms with Crippen molar-refractivity contribution in [3.05, 3.63) is 59.7 Å². The fraction of sp³-hybridized carbons (Fsp3) is 0.143. The van der Waals surface area contributed by atoms with Gasteiger partial charge in [-0.2, -0.15) is 0 Å². The fourth-order valence-electron chi connectivity index (χ4n) is 2.72. The molecule has 2 aromatic carbocycles. The molecule has 2 aliphatic heterocycles. The second kappa shape index (κ2) is 3.47. The molecule has 0 amide bonds. The Morgan fingerprint density at radius 2 is 1.29 bits per heavy atom. The normalized spacial score (nSPS) is 32.4. The number of hydrogen-bond acceptors (Lipinski definition) is 1. The molecule has 0 spiro atoms. The zero-order chi connectivity index (χ0) is 11.5. The van der Waals surface area contributed by atoms with Crippen LogP contribution in [0.15, 0.2) is 48.5 Å². The van der Waals surface area contributed by atoms with Crippen LogP contribution in [0.3, 0.4) is 0 Å². The molecule has 0 bridgehead atoms. The van der Waals surface area contributed by atoms with Crippen molar-refractivity contribution < 1.29 is 4.19 Å². The van der Waals surface area contributed by atoms with Gasteiger partial charge in [-0.05, 0) is 0 Å². The van der Waals surface area contributed by atoms with Gasteiger partial charge in [0.2, 0.25) is 0 Å². The zero-order valence-electron chi connectivity index (χ0n) is 9.30. The maximum absolute atomic E-state index is 11.1. The molecule has 4 rings (SSSR count). The summed E-state index contributed by atoms with van der Waals surface area (Å²) in [6.07, 6.45) is 0. The molecule has 0 fully saturated rings. The third kappa shape index (κ3) is 1.35. The van der Waals surface area contributed by atoms with Gasteiger partial charge in [-0.15, -0.1) is 0 Å². The predicted octanol–water partition coefficient (Wildman–Crippen LogP) is 0.502. The average Bonchev–Trinajstić information content (AvgIpc) is 2.76. The molecule has 2 aliphatic rings. The van der Waals surface area contributed by atoms with Crippen molar-refractivity contribution >= 4 is 32.3 Å². The van der Waals surface area contributed by atoms with Gasteiger partial charge in [0.05, 0.1) is 0 Å². The third-order valence-electron chi connectivity index (χ3n) is 3.42. The van der Waals surface area contributed by atoms with E-state index >= 15 is 0 Å². The molecule has 0 atom stereocenters. The van der Waals surface area contributed by atoms with Crippen LogP contribution in [0.5, 0.6) is 0 Å². The van der Waals surface area contributed by atoms with E-state index in [4.69, 9.17) is 0 Å². The molecule has 0 aromatic heterocycles. The van der Waals surface area contributed by atoms with E-state index in [9.17, 15) is 4.19 Å². The monoisotopic (exact) mass is 357 g/mol. The van der Waals surface area contributed by atoms with Crippen molar-refractivity contribution in [3.8, 4) is 0 Å². The Kier molecular flexibility index (Phi) is 2.12. The first-order valence-electron chi connectivity index (χ1n) is 5.70. The first-order valence-corrected chi connectivity index (χ1v) is 14.9. The van der Waals surface area contributed by atoms with Gasteiger partial charge in [0, 0.05) is 0 Å². The summed E-state index contributed by atoms with van der Waals surface area (Å²) in [6.45, 7) is 0. The van der Waals surface area contributed by atoms with Gasteiger partial charge >= 0.3 is 107 Å². The molecular weight excluding hydrogens is 342 g/mol. The first-order chi connectivity index (χ1) is 8.28. The van der Waals surface area contributed by atoms with Gasteiger partial charge in [0.15, 0.2) is 0 Å². The molecule has 2 aromatic rings. The van der Waals surface area contributed by atoms with Crippen LogP contribution in [0.4, 0.5) is 0 Å². The molecule has 0 saturated heterocycles. The van der Waals surface area contributed by atoms with E-state index in [0.29, 0.717) is 0 Å². The summed E-state index contributed by atoms with van der Waals surface area (Å²) in [4.78, 5) is 0. The van der Waals surface area contributed by atoms with Crippen molar-refractivity contribution in [2.75, 3.05) is 0 Å². The summed E-state index contributed by atoms with van der Waals surface area (Å²) in [5, 5.41) is 2.01. The van der Waals surface area contributed by atoms with Crippen LogP contribution in [-0.2, 0) is 10.6 Å². The second-order valence-electron chi connectivity index (χ2n) is 4.55. The maximum atomic E-state index is 11.1. The Morgan fingerprint density at radius 1 is 0.824 bits per heavy atom. The molecule has 17 heavy (non-hydrogen) atoms. The van der Waals surface area contributed by atoms with Gasteiger partial charge in [-0.25, -0.2) is 0 Å². The predicted molar refractivity (Wildman–Crippen MR) is 73.3 cm³/mol. The van der Waals surface area contributed by atoms with Gasteiger partial charge in [0.25, 0.3) is 0 Å². The van der Waals surface area contributed by atoms with Crippen LogP contribution in [0.25, 0.3) is 0 Å². The van der Waals surface area contributed by atoms with E-state index in [-0.39, 0.29) is 0 Å². The van der Waals surface area contributed by atoms with Crippen LogP contribution in [0, 0.1) is 0 Å². The standard InChI is InChI=1S/C14H12OSe2/c15-17-9-11-5-1-3-7-13(11)16(17)14-8-4-2-6-12(14)10-17/h1-8H,9-10H2/p+1. The quantitative estimate of drug-likeness (QED) is 0.683. The van der Waals surface area contributed by atoms with Crippen molar-refractivity contribution in [1.82, 2.24) is 0 Å². The molecule has 2 heterocycles. The molecule has 0 aliphatic carbocycles. The Bertz CT molecular complexity index is 559. The van der Waals surface area contributed by atoms with Crippen molar-refractivity contribution in [2.45, 2.75) is 10.6 Å². The summed E-state index contributed by atoms with van der Waals surface area (Å²) in [7, 11) is 0. The number of hydrogen-bond donors (Lipinski definition) is 1. The Morgan fingerprint density at radius 3 is 1.82 bits per heavy atom. The van der Waals surface area contributed by atoms with Gasteiger partial charge in [0.1, 0.15) is 0 Å². The molecule has 86 valence electrons. The summed E-state index contributed by atoms with van der Waals surface area (Å²) >= 11 is -3.32. The van der Waals surface area contributed by atoms with Gasteiger partial charge < -0.3 is 0 Å². The Labute approximate surface area is 106 Å². The van der Waals surface area contributed by atoms with E-state index in [2.05, 4.69) is 48.5 Å². The molecule has 3 heteroatoms. The van der Waals surface area contributed by atoms with Crippen molar-refractivity contribution in [3.63, 3.8) is 0 Å². The molecular formula is C14H13OSe2+. The summed E-state index contributed by atoms with van der Waals surface area (Å²) < 4.78 is 14.1. The molecule has 0 saturated carbocycles. The SMILES string of the molecule is O[Se]12Cc3ccccc3[Se+]1c1ccccc1C2. The van der Waals surface area contributed by atoms with Crippen LogP contribution in [0.1, 0.15) is 11.1 Å². The number of rotatable bonds is 0. The fourth-order valence-corrected chi connectivity index (χ4v) is 28.0. The van der Waals surface area contributed by atoms with Crippen LogP contribution in [-0.4, -0.2) is 27.6 Å². The van der Waals surface area contributed by atoms with Gasteiger partial charge in [-0.1, -0.05) is 0 Å². The number of benzene rings is 2. The van der Waals surface area contributed by atoms with Crippen LogP contribution in [0.2, 0.25) is 0 Å². The minimum atomic E-state index is -2.24. The van der Waals surface area contributed by atoms with E-state index in [0.717, 1.165) is 10.6 Å². The number of fused-ring (bicyclic) bond motifs is 5. The van der Waals surface area contributed by atoms with E-state index in [1.54, 1.807) is 0 Å². The Hall–Kier alpha value is -0.561. The zero-order valence-corrected chi connectivity index (χ0v) is 12.7. The molecule has 0 unspecified atom stereocenters. The van der Waals surface area contributed by atoms with E-state index in [1.165, 1.54) is 20.1 Å². The second-order valence-corrected chi connectivity index (χ2v) is 22.4. The van der Waals surface area contributed by atoms with Crippen LogP contribution >= 0.6 is 0 Å². The average molecular weight is 355 g/mol. The third-order valence-corrected chi connectivity index (χ3v) is 24.5. The summed E-state index contributed by atoms with van der Waals surface area (Å²) in [5.74, 6) is 0. The molecule has 1 N–H and O–H groups in total. The minimum absolute atomic E-state index is 1.01. The van der Waals surface area contributed by atoms with E-state index < -0.39 is 23.4 Å².